The molecule has 0 heterocycles. The van der Waals surface area contributed by atoms with Crippen LogP contribution in [0.1, 0.15) is 18.4 Å². The second-order valence-corrected chi connectivity index (χ2v) is 4.14. The number of nitrogens with zero attached hydrogens (tertiary/aromatic N) is 2. The fraction of sp³-hybridized carbons (Fsp3) is 0.143. The molecule has 1 aromatic carbocycles. The number of hydrogen-bond acceptors (Lipinski definition) is 4. The highest BCUT2D eigenvalue weighted by Crippen LogP contribution is 2.12. The van der Waals surface area contributed by atoms with E-state index in [0.29, 0.717) is 0 Å². The Bertz CT molecular complexity index is 521. The summed E-state index contributed by atoms with van der Waals surface area (Å²) in [7, 11) is 0. The molecular formula is C14H16N4. The van der Waals surface area contributed by atoms with Crippen LogP contribution in [0.15, 0.2) is 57.9 Å². The van der Waals surface area contributed by atoms with Crippen LogP contribution in [0.4, 0.5) is 5.69 Å². The van der Waals surface area contributed by atoms with Crippen LogP contribution >= 0.6 is 0 Å². The molecule has 0 aliphatic heterocycles. The molecule has 4 nitrogen and oxygen atoms in total. The zero-order valence-corrected chi connectivity index (χ0v) is 10.1. The van der Waals surface area contributed by atoms with E-state index >= 15 is 0 Å². The van der Waals surface area contributed by atoms with E-state index in [1.165, 1.54) is 0 Å². The summed E-state index contributed by atoms with van der Waals surface area (Å²) in [6.45, 7) is 0. The molecule has 0 saturated carbocycles. The van der Waals surface area contributed by atoms with Crippen LogP contribution in [0.2, 0.25) is 0 Å². The maximum atomic E-state index is 5.67. The molecule has 0 bridgehead atoms. The van der Waals surface area contributed by atoms with Gasteiger partial charge in [0.05, 0.1) is 12.4 Å². The largest absolute Gasteiger partial charge is 0.402 e. The number of nitrogens with two attached hydrogens (primary N) is 2. The number of nitrogen functional groups attached to an aromatic ring is 1. The average molecular weight is 240 g/mol. The molecule has 0 radical (unpaired) electrons. The fourth-order valence-corrected chi connectivity index (χ4v) is 1.57. The standard InChI is InChI=1S/C14H16N4/c15-13-5-1-11(2-6-13)9-17-18-10-12-3-7-14(16)8-4-12/h1-3,5-7,9-10H,4,8,15-16H2/b17-9+,18-10+. The van der Waals surface area contributed by atoms with Gasteiger partial charge in [-0.25, -0.2) is 0 Å². The molecule has 0 atom stereocenters. The molecule has 4 N–H and O–H groups in total. The summed E-state index contributed by atoms with van der Waals surface area (Å²) < 4.78 is 0. The maximum absolute atomic E-state index is 5.67. The van der Waals surface area contributed by atoms with Gasteiger partial charge in [-0.3, -0.25) is 0 Å². The minimum Gasteiger partial charge on any atom is -0.402 e. The van der Waals surface area contributed by atoms with E-state index < -0.39 is 0 Å². The molecule has 0 spiro atoms. The van der Waals surface area contributed by atoms with Crippen LogP contribution in [0, 0.1) is 0 Å². The number of allylic oxidation sites excluding steroid dienone is 4. The Morgan fingerprint density at radius 1 is 0.889 bits per heavy atom. The van der Waals surface area contributed by atoms with Crippen LogP contribution in [0.25, 0.3) is 0 Å². The van der Waals surface area contributed by atoms with Crippen molar-refractivity contribution in [3.05, 3.63) is 53.3 Å². The third-order valence-electron chi connectivity index (χ3n) is 2.65. The monoisotopic (exact) mass is 240 g/mol. The summed E-state index contributed by atoms with van der Waals surface area (Å²) in [6, 6.07) is 7.47. The maximum Gasteiger partial charge on any atom is 0.0568 e. The van der Waals surface area contributed by atoms with Gasteiger partial charge in [-0.1, -0.05) is 18.2 Å². The van der Waals surface area contributed by atoms with Crippen molar-refractivity contribution in [1.29, 1.82) is 0 Å². The molecule has 1 aliphatic carbocycles. The molecule has 1 aromatic rings. The molecule has 0 unspecified atom stereocenters. The second-order valence-electron chi connectivity index (χ2n) is 4.14. The zero-order valence-electron chi connectivity index (χ0n) is 10.1. The van der Waals surface area contributed by atoms with Crippen LogP contribution in [-0.2, 0) is 0 Å². The van der Waals surface area contributed by atoms with Gasteiger partial charge in [-0.05, 0) is 42.2 Å². The molecule has 4 heteroatoms. The van der Waals surface area contributed by atoms with Crippen molar-refractivity contribution in [2.45, 2.75) is 12.8 Å². The Labute approximate surface area is 106 Å². The van der Waals surface area contributed by atoms with Gasteiger partial charge in [0, 0.05) is 11.4 Å². The lowest BCUT2D eigenvalue weighted by Crippen LogP contribution is -2.01. The van der Waals surface area contributed by atoms with E-state index in [1.54, 1.807) is 12.4 Å². The number of hydrogen-bond donors (Lipinski definition) is 2. The third kappa shape index (κ3) is 3.59. The Hall–Kier alpha value is -2.36. The van der Waals surface area contributed by atoms with Crippen LogP contribution in [-0.4, -0.2) is 12.4 Å². The van der Waals surface area contributed by atoms with E-state index in [4.69, 9.17) is 11.5 Å². The molecular weight excluding hydrogens is 224 g/mol. The van der Waals surface area contributed by atoms with E-state index in [1.807, 2.05) is 36.4 Å². The predicted octanol–water partition coefficient (Wildman–Crippen LogP) is 2.24. The van der Waals surface area contributed by atoms with Gasteiger partial charge in [0.2, 0.25) is 0 Å². The van der Waals surface area contributed by atoms with Gasteiger partial charge in [-0.2, -0.15) is 10.2 Å². The first-order valence-corrected chi connectivity index (χ1v) is 5.81. The van der Waals surface area contributed by atoms with Gasteiger partial charge in [0.25, 0.3) is 0 Å². The smallest absolute Gasteiger partial charge is 0.0568 e. The number of rotatable bonds is 3. The minimum atomic E-state index is 0.743. The van der Waals surface area contributed by atoms with Gasteiger partial charge in [0.1, 0.15) is 0 Å². The average Bonchev–Trinajstić information content (AvgIpc) is 2.39. The van der Waals surface area contributed by atoms with Gasteiger partial charge in [0.15, 0.2) is 0 Å². The molecule has 18 heavy (non-hydrogen) atoms. The molecule has 0 saturated heterocycles. The summed E-state index contributed by atoms with van der Waals surface area (Å²) in [5.74, 6) is 0. The van der Waals surface area contributed by atoms with Crippen molar-refractivity contribution in [2.75, 3.05) is 5.73 Å². The Morgan fingerprint density at radius 3 is 2.28 bits per heavy atom. The lowest BCUT2D eigenvalue weighted by atomic mass is 10.0. The van der Waals surface area contributed by atoms with Crippen molar-refractivity contribution in [3.8, 4) is 0 Å². The SMILES string of the molecule is NC1=CC=C(/C=N/N=C/c2ccc(N)cc2)CC1. The first kappa shape index (κ1) is 12.1. The minimum absolute atomic E-state index is 0.743. The van der Waals surface area contributed by atoms with Crippen molar-refractivity contribution >= 4 is 18.1 Å². The van der Waals surface area contributed by atoms with E-state index in [2.05, 4.69) is 10.2 Å². The number of anilines is 1. The zero-order chi connectivity index (χ0) is 12.8. The summed E-state index contributed by atoms with van der Waals surface area (Å²) in [5, 5.41) is 8.01. The van der Waals surface area contributed by atoms with Gasteiger partial charge >= 0.3 is 0 Å². The summed E-state index contributed by atoms with van der Waals surface area (Å²) in [5.41, 5.74) is 15.0. The van der Waals surface area contributed by atoms with Crippen molar-refractivity contribution in [3.63, 3.8) is 0 Å². The third-order valence-corrected chi connectivity index (χ3v) is 2.65. The van der Waals surface area contributed by atoms with Crippen molar-refractivity contribution < 1.29 is 0 Å². The lowest BCUT2D eigenvalue weighted by molar-refractivity contribution is 0.924. The highest BCUT2D eigenvalue weighted by molar-refractivity contribution is 5.82. The topological polar surface area (TPSA) is 76.8 Å². The molecule has 0 aromatic heterocycles. The first-order valence-electron chi connectivity index (χ1n) is 5.81. The summed E-state index contributed by atoms with van der Waals surface area (Å²) in [6.07, 6.45) is 9.15. The van der Waals surface area contributed by atoms with Crippen LogP contribution in [0.5, 0.6) is 0 Å². The Kier molecular flexibility index (Phi) is 3.91. The normalized spacial score (nSPS) is 16.0. The molecule has 0 amide bonds. The van der Waals surface area contributed by atoms with E-state index in [9.17, 15) is 0 Å². The Balaban J connectivity index is 1.93. The first-order chi connectivity index (χ1) is 8.74. The predicted molar refractivity (Wildman–Crippen MR) is 76.5 cm³/mol. The Morgan fingerprint density at radius 2 is 1.61 bits per heavy atom. The van der Waals surface area contributed by atoms with Gasteiger partial charge < -0.3 is 11.5 Å². The van der Waals surface area contributed by atoms with Crippen molar-refractivity contribution in [1.82, 2.24) is 0 Å². The van der Waals surface area contributed by atoms with E-state index in [0.717, 1.165) is 35.4 Å². The second kappa shape index (κ2) is 5.82. The molecule has 1 aliphatic rings. The molecule has 2 rings (SSSR count). The van der Waals surface area contributed by atoms with Crippen molar-refractivity contribution in [2.24, 2.45) is 15.9 Å². The highest BCUT2D eigenvalue weighted by Gasteiger charge is 2.00. The molecule has 92 valence electrons. The number of benzene rings is 1. The quantitative estimate of drug-likeness (QED) is 0.483. The summed E-state index contributed by atoms with van der Waals surface area (Å²) >= 11 is 0. The fourth-order valence-electron chi connectivity index (χ4n) is 1.57. The van der Waals surface area contributed by atoms with Crippen LogP contribution < -0.4 is 11.5 Å². The van der Waals surface area contributed by atoms with Gasteiger partial charge in [-0.15, -0.1) is 0 Å². The summed E-state index contributed by atoms with van der Waals surface area (Å²) in [4.78, 5) is 0. The van der Waals surface area contributed by atoms with Crippen LogP contribution in [0.3, 0.4) is 0 Å². The molecule has 0 fully saturated rings. The highest BCUT2D eigenvalue weighted by atomic mass is 15.2. The van der Waals surface area contributed by atoms with E-state index in [-0.39, 0.29) is 0 Å². The lowest BCUT2D eigenvalue weighted by Gasteiger charge is -2.06.